The first-order chi connectivity index (χ1) is 5.24. The van der Waals surface area contributed by atoms with Crippen LogP contribution >= 0.6 is 0 Å². The number of rotatable bonds is 2. The summed E-state index contributed by atoms with van der Waals surface area (Å²) in [6.45, 7) is 4.51. The summed E-state index contributed by atoms with van der Waals surface area (Å²) in [7, 11) is 1.86. The van der Waals surface area contributed by atoms with Crippen molar-refractivity contribution in [3.63, 3.8) is 0 Å². The Hall–Kier alpha value is -1.03. The molecule has 0 atom stereocenters. The fourth-order valence-electron chi connectivity index (χ4n) is 0.735. The highest BCUT2D eigenvalue weighted by Crippen LogP contribution is 1.96. The Bertz CT molecular complexity index is 246. The largest absolute Gasteiger partial charge is 0.313 e. The van der Waals surface area contributed by atoms with Crippen LogP contribution < -0.4 is 5.32 Å². The molecule has 60 valence electrons. The lowest BCUT2D eigenvalue weighted by molar-refractivity contribution is 0.713. The van der Waals surface area contributed by atoms with Crippen LogP contribution in [0.2, 0.25) is 0 Å². The summed E-state index contributed by atoms with van der Waals surface area (Å²) >= 11 is 0. The Morgan fingerprint density at radius 1 is 1.18 bits per heavy atom. The van der Waals surface area contributed by atoms with Crippen molar-refractivity contribution >= 4 is 0 Å². The van der Waals surface area contributed by atoms with Gasteiger partial charge in [0.25, 0.3) is 0 Å². The van der Waals surface area contributed by atoms with E-state index in [2.05, 4.69) is 20.5 Å². The van der Waals surface area contributed by atoms with E-state index in [1.165, 1.54) is 0 Å². The van der Waals surface area contributed by atoms with Crippen molar-refractivity contribution in [3.05, 3.63) is 17.2 Å². The summed E-state index contributed by atoms with van der Waals surface area (Å²) in [5.74, 6) is 0.746. The van der Waals surface area contributed by atoms with Crippen LogP contribution in [0.1, 0.15) is 17.2 Å². The number of nitrogens with one attached hydrogen (secondary N) is 1. The first-order valence-corrected chi connectivity index (χ1v) is 3.55. The van der Waals surface area contributed by atoms with Crippen LogP contribution in [0.5, 0.6) is 0 Å². The van der Waals surface area contributed by atoms with E-state index in [9.17, 15) is 0 Å². The lowest BCUT2D eigenvalue weighted by atomic mass is 10.4. The average Bonchev–Trinajstić information content (AvgIpc) is 1.98. The summed E-state index contributed by atoms with van der Waals surface area (Å²) in [5, 5.41) is 10.8. The summed E-state index contributed by atoms with van der Waals surface area (Å²) < 4.78 is 0. The normalized spacial score (nSPS) is 10.1. The van der Waals surface area contributed by atoms with Gasteiger partial charge in [-0.15, -0.1) is 5.10 Å². The van der Waals surface area contributed by atoms with E-state index in [0.717, 1.165) is 17.2 Å². The zero-order valence-corrected chi connectivity index (χ0v) is 7.05. The minimum Gasteiger partial charge on any atom is -0.313 e. The van der Waals surface area contributed by atoms with Crippen molar-refractivity contribution in [2.75, 3.05) is 7.05 Å². The molecule has 4 heteroatoms. The van der Waals surface area contributed by atoms with Crippen molar-refractivity contribution in [2.24, 2.45) is 0 Å². The van der Waals surface area contributed by atoms with Gasteiger partial charge in [-0.05, 0) is 20.9 Å². The van der Waals surface area contributed by atoms with Gasteiger partial charge in [-0.3, -0.25) is 0 Å². The molecule has 0 aliphatic rings. The van der Waals surface area contributed by atoms with Gasteiger partial charge < -0.3 is 5.32 Å². The number of hydrogen-bond donors (Lipinski definition) is 1. The molecule has 0 aromatic carbocycles. The summed E-state index contributed by atoms with van der Waals surface area (Å²) in [6.07, 6.45) is 0. The number of hydrogen-bond acceptors (Lipinski definition) is 4. The third-order valence-corrected chi connectivity index (χ3v) is 1.47. The van der Waals surface area contributed by atoms with Crippen LogP contribution in [0.3, 0.4) is 0 Å². The molecule has 1 heterocycles. The van der Waals surface area contributed by atoms with Crippen molar-refractivity contribution in [1.29, 1.82) is 0 Å². The minimum atomic E-state index is 0.675. The molecule has 0 amide bonds. The van der Waals surface area contributed by atoms with Crippen molar-refractivity contribution in [1.82, 2.24) is 20.5 Å². The van der Waals surface area contributed by atoms with Gasteiger partial charge >= 0.3 is 0 Å². The molecule has 1 rings (SSSR count). The topological polar surface area (TPSA) is 50.7 Å². The quantitative estimate of drug-likeness (QED) is 0.658. The van der Waals surface area contributed by atoms with Gasteiger partial charge in [-0.1, -0.05) is 0 Å². The van der Waals surface area contributed by atoms with E-state index in [4.69, 9.17) is 0 Å². The van der Waals surface area contributed by atoms with E-state index in [0.29, 0.717) is 6.54 Å². The van der Waals surface area contributed by atoms with Crippen LogP contribution in [0.4, 0.5) is 0 Å². The molecule has 1 N–H and O–H groups in total. The van der Waals surface area contributed by atoms with Gasteiger partial charge in [0.2, 0.25) is 0 Å². The Balaban J connectivity index is 2.86. The van der Waals surface area contributed by atoms with E-state index in [1.807, 2.05) is 20.9 Å². The van der Waals surface area contributed by atoms with Crippen LogP contribution in [-0.4, -0.2) is 22.2 Å². The lowest BCUT2D eigenvalue weighted by Gasteiger charge is -1.99. The molecule has 0 spiro atoms. The molecule has 0 unspecified atom stereocenters. The zero-order chi connectivity index (χ0) is 8.27. The number of nitrogens with zero attached hydrogens (tertiary/aromatic N) is 3. The summed E-state index contributed by atoms with van der Waals surface area (Å²) in [6, 6.07) is 0. The van der Waals surface area contributed by atoms with Crippen molar-refractivity contribution in [3.8, 4) is 0 Å². The maximum atomic E-state index is 4.23. The predicted molar refractivity (Wildman–Crippen MR) is 42.1 cm³/mol. The fraction of sp³-hybridized carbons (Fsp3) is 0.571. The first kappa shape index (κ1) is 8.07. The molecular weight excluding hydrogens is 140 g/mol. The van der Waals surface area contributed by atoms with Gasteiger partial charge in [0.05, 0.1) is 17.9 Å². The maximum absolute atomic E-state index is 4.23. The van der Waals surface area contributed by atoms with E-state index in [1.54, 1.807) is 0 Å². The molecule has 0 saturated carbocycles. The number of aromatic nitrogens is 3. The predicted octanol–water partition coefficient (Wildman–Crippen LogP) is 0.208. The highest BCUT2D eigenvalue weighted by Gasteiger charge is 1.98. The van der Waals surface area contributed by atoms with Gasteiger partial charge in [0.15, 0.2) is 5.82 Å². The second-order valence-corrected chi connectivity index (χ2v) is 2.43. The summed E-state index contributed by atoms with van der Waals surface area (Å²) in [5.41, 5.74) is 1.84. The van der Waals surface area contributed by atoms with E-state index >= 15 is 0 Å². The van der Waals surface area contributed by atoms with Crippen molar-refractivity contribution in [2.45, 2.75) is 20.4 Å². The van der Waals surface area contributed by atoms with Crippen LogP contribution in [0, 0.1) is 13.8 Å². The molecule has 4 nitrogen and oxygen atoms in total. The number of aryl methyl sites for hydroxylation is 2. The van der Waals surface area contributed by atoms with Gasteiger partial charge in [0, 0.05) is 0 Å². The molecule has 1 aromatic heterocycles. The van der Waals surface area contributed by atoms with Crippen LogP contribution in [0.25, 0.3) is 0 Å². The van der Waals surface area contributed by atoms with Crippen LogP contribution in [0.15, 0.2) is 0 Å². The summed E-state index contributed by atoms with van der Waals surface area (Å²) in [4.78, 5) is 4.23. The van der Waals surface area contributed by atoms with Gasteiger partial charge in [-0.25, -0.2) is 4.98 Å². The molecule has 11 heavy (non-hydrogen) atoms. The SMILES string of the molecule is CNCc1nnc(C)c(C)n1. The Labute approximate surface area is 66.1 Å². The molecule has 0 bridgehead atoms. The molecule has 0 radical (unpaired) electrons. The second kappa shape index (κ2) is 3.39. The molecule has 0 aliphatic carbocycles. The van der Waals surface area contributed by atoms with E-state index < -0.39 is 0 Å². The third kappa shape index (κ3) is 1.94. The zero-order valence-electron chi connectivity index (χ0n) is 7.05. The van der Waals surface area contributed by atoms with Gasteiger partial charge in [-0.2, -0.15) is 5.10 Å². The first-order valence-electron chi connectivity index (χ1n) is 3.55. The molecule has 0 saturated heterocycles. The molecule has 0 aliphatic heterocycles. The standard InChI is InChI=1S/C7H12N4/c1-5-6(2)10-11-7(9-5)4-8-3/h8H,4H2,1-3H3. The Morgan fingerprint density at radius 3 is 2.45 bits per heavy atom. The lowest BCUT2D eigenvalue weighted by Crippen LogP contribution is -2.11. The minimum absolute atomic E-state index is 0.675. The highest BCUT2D eigenvalue weighted by atomic mass is 15.2. The average molecular weight is 152 g/mol. The smallest absolute Gasteiger partial charge is 0.165 e. The molecular formula is C7H12N4. The highest BCUT2D eigenvalue weighted by molar-refractivity contribution is 5.05. The Kier molecular flexibility index (Phi) is 2.48. The fourth-order valence-corrected chi connectivity index (χ4v) is 0.735. The molecule has 1 aromatic rings. The Morgan fingerprint density at radius 2 is 1.91 bits per heavy atom. The van der Waals surface area contributed by atoms with E-state index in [-0.39, 0.29) is 0 Å². The third-order valence-electron chi connectivity index (χ3n) is 1.47. The molecule has 0 fully saturated rings. The van der Waals surface area contributed by atoms with Gasteiger partial charge in [0.1, 0.15) is 0 Å². The monoisotopic (exact) mass is 152 g/mol. The van der Waals surface area contributed by atoms with Crippen molar-refractivity contribution < 1.29 is 0 Å². The second-order valence-electron chi connectivity index (χ2n) is 2.43. The van der Waals surface area contributed by atoms with Crippen LogP contribution in [-0.2, 0) is 6.54 Å². The maximum Gasteiger partial charge on any atom is 0.165 e.